The lowest BCUT2D eigenvalue weighted by Gasteiger charge is -2.36. The van der Waals surface area contributed by atoms with E-state index >= 15 is 0 Å². The van der Waals surface area contributed by atoms with Crippen molar-refractivity contribution in [1.29, 1.82) is 0 Å². The van der Waals surface area contributed by atoms with Gasteiger partial charge in [0.25, 0.3) is 0 Å². The van der Waals surface area contributed by atoms with Crippen LogP contribution >= 0.6 is 11.6 Å². The summed E-state index contributed by atoms with van der Waals surface area (Å²) < 4.78 is 26.4. The average Bonchev–Trinajstić information content (AvgIpc) is 2.97. The van der Waals surface area contributed by atoms with Crippen LogP contribution in [0.4, 0.5) is 5.69 Å². The first kappa shape index (κ1) is 29.1. The lowest BCUT2D eigenvalue weighted by Crippen LogP contribution is -2.54. The molecule has 2 heterocycles. The Hall–Kier alpha value is -3.40. The van der Waals surface area contributed by atoms with E-state index in [4.69, 9.17) is 11.6 Å². The quantitative estimate of drug-likeness (QED) is 0.365. The van der Waals surface area contributed by atoms with E-state index in [0.29, 0.717) is 49.6 Å². The molecular weight excluding hydrogens is 560 g/mol. The first-order chi connectivity index (χ1) is 19.7. The predicted octanol–water partition coefficient (Wildman–Crippen LogP) is 4.03. The first-order valence-electron chi connectivity index (χ1n) is 13.9. The molecule has 0 saturated carbocycles. The number of carbonyl (C=O) groups is 2. The molecule has 8 nitrogen and oxygen atoms in total. The second-order valence-electron chi connectivity index (χ2n) is 10.8. The highest BCUT2D eigenvalue weighted by Crippen LogP contribution is 2.33. The molecular formula is C31H35ClN4O4S. The zero-order valence-electron chi connectivity index (χ0n) is 23.0. The van der Waals surface area contributed by atoms with Crippen LogP contribution in [0.2, 0.25) is 5.02 Å². The fourth-order valence-electron chi connectivity index (χ4n) is 5.83. The average molecular weight is 595 g/mol. The van der Waals surface area contributed by atoms with Gasteiger partial charge in [-0.05, 0) is 65.6 Å². The van der Waals surface area contributed by atoms with E-state index in [2.05, 4.69) is 15.4 Å². The fraction of sp³-hybridized carbons (Fsp3) is 0.355. The van der Waals surface area contributed by atoms with E-state index in [9.17, 15) is 18.0 Å². The van der Waals surface area contributed by atoms with Crippen molar-refractivity contribution in [2.75, 3.05) is 30.6 Å². The van der Waals surface area contributed by atoms with Crippen LogP contribution in [0.5, 0.6) is 0 Å². The first-order valence-corrected chi connectivity index (χ1v) is 16.2. The summed E-state index contributed by atoms with van der Waals surface area (Å²) in [5.41, 5.74) is 4.49. The number of anilines is 1. The zero-order chi connectivity index (χ0) is 29.0. The highest BCUT2D eigenvalue weighted by atomic mass is 35.5. The van der Waals surface area contributed by atoms with E-state index in [-0.39, 0.29) is 17.7 Å². The molecule has 5 rings (SSSR count). The molecule has 1 unspecified atom stereocenters. The van der Waals surface area contributed by atoms with Gasteiger partial charge in [0.2, 0.25) is 21.8 Å². The molecule has 10 heteroatoms. The normalized spacial score (nSPS) is 18.3. The summed E-state index contributed by atoms with van der Waals surface area (Å²) in [6, 6.07) is 21.4. The van der Waals surface area contributed by atoms with Crippen LogP contribution < -0.4 is 15.4 Å². The summed E-state index contributed by atoms with van der Waals surface area (Å²) in [6.07, 6.45) is 3.71. The number of piperidine rings is 1. The molecule has 3 aromatic rings. The second kappa shape index (κ2) is 12.6. The predicted molar refractivity (Wildman–Crippen MR) is 161 cm³/mol. The number of sulfonamides is 1. The molecule has 1 fully saturated rings. The molecule has 0 aliphatic carbocycles. The summed E-state index contributed by atoms with van der Waals surface area (Å²) in [4.78, 5) is 29.3. The number of likely N-dealkylation sites (tertiary alicyclic amines) is 1. The maximum absolute atomic E-state index is 13.9. The third-order valence-electron chi connectivity index (χ3n) is 7.84. The summed E-state index contributed by atoms with van der Waals surface area (Å²) >= 11 is 6.09. The van der Waals surface area contributed by atoms with Gasteiger partial charge in [-0.3, -0.25) is 14.3 Å². The maximum Gasteiger partial charge on any atom is 0.245 e. The fourth-order valence-corrected chi connectivity index (χ4v) is 6.54. The highest BCUT2D eigenvalue weighted by molar-refractivity contribution is 7.92. The van der Waals surface area contributed by atoms with Crippen molar-refractivity contribution in [2.24, 2.45) is 0 Å². The lowest BCUT2D eigenvalue weighted by atomic mass is 9.88. The van der Waals surface area contributed by atoms with Gasteiger partial charge in [-0.15, -0.1) is 0 Å². The van der Waals surface area contributed by atoms with Crippen molar-refractivity contribution < 1.29 is 18.0 Å². The molecule has 3 N–H and O–H groups in total. The number of carbonyl (C=O) groups excluding carboxylic acids is 2. The van der Waals surface area contributed by atoms with Gasteiger partial charge in [0.15, 0.2) is 0 Å². The topological polar surface area (TPSA) is 108 Å². The summed E-state index contributed by atoms with van der Waals surface area (Å²) in [5, 5.41) is 6.98. The van der Waals surface area contributed by atoms with Crippen LogP contribution in [0.25, 0.3) is 0 Å². The van der Waals surface area contributed by atoms with Crippen molar-refractivity contribution in [3.63, 3.8) is 0 Å². The maximum atomic E-state index is 13.9. The van der Waals surface area contributed by atoms with Crippen LogP contribution in [0.1, 0.15) is 47.1 Å². The Morgan fingerprint density at radius 1 is 0.976 bits per heavy atom. The second-order valence-corrected chi connectivity index (χ2v) is 13.0. The van der Waals surface area contributed by atoms with Gasteiger partial charge in [-0.2, -0.15) is 0 Å². The molecule has 0 aromatic heterocycles. The van der Waals surface area contributed by atoms with E-state index in [1.165, 1.54) is 0 Å². The Labute approximate surface area is 246 Å². The zero-order valence-corrected chi connectivity index (χ0v) is 24.5. The standard InChI is InChI=1S/C31H35ClN4O4S/c1-41(39,40)35-27-9-5-4-7-25(27)23-15-18-36(19-16-23)31(38)28(20-21-10-12-24(32)13-11-21)34-30(37)29-26-8-3-2-6-22(26)14-17-33-29/h2-13,23,28-29,33,35H,14-20H2,1H3,(H,34,37)/t28-,29?/m1/s1. The molecule has 2 atom stereocenters. The Morgan fingerprint density at radius 2 is 1.63 bits per heavy atom. The molecule has 0 spiro atoms. The van der Waals surface area contributed by atoms with Crippen LogP contribution in [-0.2, 0) is 32.5 Å². The summed E-state index contributed by atoms with van der Waals surface area (Å²) in [6.45, 7) is 1.70. The Morgan fingerprint density at radius 3 is 2.34 bits per heavy atom. The van der Waals surface area contributed by atoms with Crippen LogP contribution in [0.3, 0.4) is 0 Å². The monoisotopic (exact) mass is 594 g/mol. The number of nitrogens with one attached hydrogen (secondary N) is 3. The SMILES string of the molecule is CS(=O)(=O)Nc1ccccc1C1CCN(C(=O)[C@@H](Cc2ccc(Cl)cc2)NC(=O)C2NCCc3ccccc32)CC1. The number of para-hydroxylation sites is 1. The van der Waals surface area contributed by atoms with E-state index < -0.39 is 22.1 Å². The third kappa shape index (κ3) is 7.28. The van der Waals surface area contributed by atoms with Crippen LogP contribution in [-0.4, -0.2) is 57.1 Å². The third-order valence-corrected chi connectivity index (χ3v) is 8.68. The Bertz CT molecular complexity index is 1500. The van der Waals surface area contributed by atoms with Gasteiger partial charge in [0, 0.05) is 31.1 Å². The van der Waals surface area contributed by atoms with Crippen molar-refractivity contribution in [1.82, 2.24) is 15.5 Å². The van der Waals surface area contributed by atoms with Crippen LogP contribution in [0, 0.1) is 0 Å². The summed E-state index contributed by atoms with van der Waals surface area (Å²) in [5.74, 6) is -0.240. The van der Waals surface area contributed by atoms with E-state index in [1.54, 1.807) is 24.3 Å². The largest absolute Gasteiger partial charge is 0.342 e. The van der Waals surface area contributed by atoms with E-state index in [1.807, 2.05) is 53.4 Å². The van der Waals surface area contributed by atoms with Gasteiger partial charge >= 0.3 is 0 Å². The molecule has 3 aromatic carbocycles. The lowest BCUT2D eigenvalue weighted by molar-refractivity contribution is -0.137. The number of nitrogens with zero attached hydrogens (tertiary/aromatic N) is 1. The number of fused-ring (bicyclic) bond motifs is 1. The van der Waals surface area contributed by atoms with Crippen molar-refractivity contribution in [3.8, 4) is 0 Å². The highest BCUT2D eigenvalue weighted by Gasteiger charge is 2.33. The van der Waals surface area contributed by atoms with Gasteiger partial charge in [-0.25, -0.2) is 8.42 Å². The van der Waals surface area contributed by atoms with Gasteiger partial charge < -0.3 is 15.5 Å². The molecule has 41 heavy (non-hydrogen) atoms. The van der Waals surface area contributed by atoms with Crippen molar-refractivity contribution >= 4 is 39.1 Å². The minimum atomic E-state index is -3.41. The number of rotatable bonds is 8. The molecule has 1 saturated heterocycles. The van der Waals surface area contributed by atoms with Crippen LogP contribution in [0.15, 0.2) is 72.8 Å². The smallest absolute Gasteiger partial charge is 0.245 e. The molecule has 216 valence electrons. The molecule has 2 aliphatic rings. The number of amides is 2. The number of hydrogen-bond donors (Lipinski definition) is 3. The minimum Gasteiger partial charge on any atom is -0.342 e. The van der Waals surface area contributed by atoms with Gasteiger partial charge in [-0.1, -0.05) is 66.2 Å². The van der Waals surface area contributed by atoms with Crippen molar-refractivity contribution in [2.45, 2.75) is 43.7 Å². The summed E-state index contributed by atoms with van der Waals surface area (Å²) in [7, 11) is -3.41. The van der Waals surface area contributed by atoms with E-state index in [0.717, 1.165) is 34.9 Å². The molecule has 0 radical (unpaired) electrons. The number of benzene rings is 3. The van der Waals surface area contributed by atoms with Crippen molar-refractivity contribution in [3.05, 3.63) is 100 Å². The van der Waals surface area contributed by atoms with Gasteiger partial charge in [0.05, 0.1) is 11.9 Å². The number of hydrogen-bond acceptors (Lipinski definition) is 5. The Balaban J connectivity index is 1.31. The molecule has 2 aliphatic heterocycles. The van der Waals surface area contributed by atoms with Gasteiger partial charge in [0.1, 0.15) is 12.1 Å². The Kier molecular flexibility index (Phi) is 8.97. The molecule has 0 bridgehead atoms. The minimum absolute atomic E-state index is 0.108. The molecule has 2 amide bonds. The number of halogens is 1.